The Kier molecular flexibility index (Phi) is 5.45. The summed E-state index contributed by atoms with van der Waals surface area (Å²) in [6.45, 7) is 0. The van der Waals surface area contributed by atoms with Gasteiger partial charge in [-0.15, -0.1) is 0 Å². The summed E-state index contributed by atoms with van der Waals surface area (Å²) >= 11 is 3.23. The molecule has 1 aromatic carbocycles. The maximum Gasteiger partial charge on any atom is 0.253 e. The molecule has 1 heterocycles. The van der Waals surface area contributed by atoms with Gasteiger partial charge in [-0.3, -0.25) is 9.78 Å². The van der Waals surface area contributed by atoms with Crippen LogP contribution in [0.2, 0.25) is 0 Å². The number of hydrogen-bond donors (Lipinski definition) is 2. The minimum Gasteiger partial charge on any atom is -0.351 e. The molecule has 1 fully saturated rings. The zero-order valence-corrected chi connectivity index (χ0v) is 14.8. The van der Waals surface area contributed by atoms with Crippen LogP contribution in [0.1, 0.15) is 42.5 Å². The molecule has 0 atom stereocenters. The number of halogens is 2. The van der Waals surface area contributed by atoms with Crippen molar-refractivity contribution in [2.24, 2.45) is 0 Å². The van der Waals surface area contributed by atoms with E-state index >= 15 is 0 Å². The number of nitrogens with one attached hydrogen (secondary N) is 2. The van der Waals surface area contributed by atoms with E-state index in [0.29, 0.717) is 21.4 Å². The van der Waals surface area contributed by atoms with Gasteiger partial charge in [0.25, 0.3) is 5.91 Å². The minimum absolute atomic E-state index is 0.149. The normalized spacial score (nSPS) is 15.1. The number of nitrogens with zero attached hydrogens (tertiary/aromatic N) is 1. The monoisotopic (exact) mass is 391 g/mol. The Balaban J connectivity index is 1.78. The Morgan fingerprint density at radius 1 is 1.17 bits per heavy atom. The van der Waals surface area contributed by atoms with E-state index in [1.54, 1.807) is 24.4 Å². The number of aromatic nitrogens is 1. The standard InChI is InChI=1S/C18H19BrFN3O/c19-12-6-7-16(15(20)10-12)23-17-11-21-9-8-14(17)18(24)22-13-4-2-1-3-5-13/h6-11,13,23H,1-5H2,(H,22,24). The third-order valence-corrected chi connectivity index (χ3v) is 4.70. The molecule has 1 aliphatic rings. The highest BCUT2D eigenvalue weighted by Crippen LogP contribution is 2.25. The molecule has 1 amide bonds. The average molecular weight is 392 g/mol. The Morgan fingerprint density at radius 2 is 1.96 bits per heavy atom. The first-order chi connectivity index (χ1) is 11.6. The molecule has 4 nitrogen and oxygen atoms in total. The summed E-state index contributed by atoms with van der Waals surface area (Å²) < 4.78 is 14.7. The Hall–Kier alpha value is -1.95. The van der Waals surface area contributed by atoms with Crippen LogP contribution in [0.25, 0.3) is 0 Å². The van der Waals surface area contributed by atoms with Crippen LogP contribution < -0.4 is 10.6 Å². The maximum absolute atomic E-state index is 14.0. The van der Waals surface area contributed by atoms with Gasteiger partial charge in [0.1, 0.15) is 5.82 Å². The highest BCUT2D eigenvalue weighted by Gasteiger charge is 2.19. The second-order valence-corrected chi connectivity index (χ2v) is 6.89. The van der Waals surface area contributed by atoms with Crippen molar-refractivity contribution in [3.05, 3.63) is 52.5 Å². The Morgan fingerprint density at radius 3 is 2.71 bits per heavy atom. The lowest BCUT2D eigenvalue weighted by Crippen LogP contribution is -2.36. The third-order valence-electron chi connectivity index (χ3n) is 4.21. The molecule has 126 valence electrons. The van der Waals surface area contributed by atoms with E-state index in [2.05, 4.69) is 31.5 Å². The topological polar surface area (TPSA) is 54.0 Å². The highest BCUT2D eigenvalue weighted by molar-refractivity contribution is 9.10. The molecule has 1 aliphatic carbocycles. The largest absolute Gasteiger partial charge is 0.351 e. The second kappa shape index (κ2) is 7.75. The van der Waals surface area contributed by atoms with E-state index in [0.717, 1.165) is 25.7 Å². The van der Waals surface area contributed by atoms with Gasteiger partial charge in [0.15, 0.2) is 0 Å². The first-order valence-electron chi connectivity index (χ1n) is 8.10. The van der Waals surface area contributed by atoms with E-state index in [1.165, 1.54) is 18.7 Å². The Bertz CT molecular complexity index is 732. The van der Waals surface area contributed by atoms with Crippen LogP contribution in [-0.2, 0) is 0 Å². The molecule has 24 heavy (non-hydrogen) atoms. The SMILES string of the molecule is O=C(NC1CCCCC1)c1ccncc1Nc1ccc(Br)cc1F. The van der Waals surface area contributed by atoms with Crippen molar-refractivity contribution < 1.29 is 9.18 Å². The number of carbonyl (C=O) groups is 1. The smallest absolute Gasteiger partial charge is 0.253 e. The lowest BCUT2D eigenvalue weighted by molar-refractivity contribution is 0.0928. The summed E-state index contributed by atoms with van der Waals surface area (Å²) in [5.74, 6) is -0.545. The number of benzene rings is 1. The van der Waals surface area contributed by atoms with Crippen LogP contribution in [0.4, 0.5) is 15.8 Å². The summed E-state index contributed by atoms with van der Waals surface area (Å²) in [5.41, 5.74) is 1.27. The van der Waals surface area contributed by atoms with Crippen molar-refractivity contribution in [3.63, 3.8) is 0 Å². The molecule has 0 radical (unpaired) electrons. The molecule has 2 N–H and O–H groups in total. The van der Waals surface area contributed by atoms with Crippen LogP contribution in [0.15, 0.2) is 41.1 Å². The highest BCUT2D eigenvalue weighted by atomic mass is 79.9. The fourth-order valence-corrected chi connectivity index (χ4v) is 3.27. The lowest BCUT2D eigenvalue weighted by Gasteiger charge is -2.23. The third kappa shape index (κ3) is 4.12. The number of pyridine rings is 1. The summed E-state index contributed by atoms with van der Waals surface area (Å²) in [6.07, 6.45) is 8.67. The van der Waals surface area contributed by atoms with Gasteiger partial charge in [0.2, 0.25) is 0 Å². The fraction of sp³-hybridized carbons (Fsp3) is 0.333. The van der Waals surface area contributed by atoms with Gasteiger partial charge in [-0.25, -0.2) is 4.39 Å². The zero-order valence-electron chi connectivity index (χ0n) is 13.2. The number of carbonyl (C=O) groups excluding carboxylic acids is 1. The molecule has 0 unspecified atom stereocenters. The van der Waals surface area contributed by atoms with Gasteiger partial charge < -0.3 is 10.6 Å². The van der Waals surface area contributed by atoms with Crippen molar-refractivity contribution in [3.8, 4) is 0 Å². The number of anilines is 2. The summed E-state index contributed by atoms with van der Waals surface area (Å²) in [7, 11) is 0. The zero-order chi connectivity index (χ0) is 16.9. The molecule has 1 saturated carbocycles. The van der Waals surface area contributed by atoms with Crippen LogP contribution in [0.5, 0.6) is 0 Å². The average Bonchev–Trinajstić information content (AvgIpc) is 2.59. The van der Waals surface area contributed by atoms with Crippen LogP contribution in [-0.4, -0.2) is 16.9 Å². The van der Waals surface area contributed by atoms with Gasteiger partial charge >= 0.3 is 0 Å². The fourth-order valence-electron chi connectivity index (χ4n) is 2.94. The van der Waals surface area contributed by atoms with Gasteiger partial charge in [0, 0.05) is 16.7 Å². The Labute approximate surface area is 149 Å². The van der Waals surface area contributed by atoms with Crippen molar-refractivity contribution >= 4 is 33.2 Å². The van der Waals surface area contributed by atoms with E-state index < -0.39 is 5.82 Å². The molecule has 0 bridgehead atoms. The van der Waals surface area contributed by atoms with Crippen molar-refractivity contribution in [2.75, 3.05) is 5.32 Å². The molecular formula is C18H19BrFN3O. The molecular weight excluding hydrogens is 373 g/mol. The van der Waals surface area contributed by atoms with E-state index in [9.17, 15) is 9.18 Å². The van der Waals surface area contributed by atoms with Crippen LogP contribution >= 0.6 is 15.9 Å². The lowest BCUT2D eigenvalue weighted by atomic mass is 9.95. The van der Waals surface area contributed by atoms with Crippen LogP contribution in [0.3, 0.4) is 0 Å². The first-order valence-corrected chi connectivity index (χ1v) is 8.90. The molecule has 0 spiro atoms. The van der Waals surface area contributed by atoms with Crippen molar-refractivity contribution in [1.82, 2.24) is 10.3 Å². The number of hydrogen-bond acceptors (Lipinski definition) is 3. The molecule has 1 aromatic heterocycles. The summed E-state index contributed by atoms with van der Waals surface area (Å²) in [5, 5.41) is 6.04. The predicted octanol–water partition coefficient (Wildman–Crippen LogP) is 4.79. The molecule has 0 saturated heterocycles. The number of rotatable bonds is 4. The van der Waals surface area contributed by atoms with E-state index in [4.69, 9.17) is 0 Å². The predicted molar refractivity (Wildman–Crippen MR) is 96.0 cm³/mol. The molecule has 6 heteroatoms. The van der Waals surface area contributed by atoms with E-state index in [1.807, 2.05) is 0 Å². The van der Waals surface area contributed by atoms with E-state index in [-0.39, 0.29) is 11.9 Å². The minimum atomic E-state index is -0.396. The summed E-state index contributed by atoms with van der Waals surface area (Å²) in [4.78, 5) is 16.6. The molecule has 2 aromatic rings. The van der Waals surface area contributed by atoms with Gasteiger partial charge in [0.05, 0.1) is 23.1 Å². The van der Waals surface area contributed by atoms with Crippen molar-refractivity contribution in [2.45, 2.75) is 38.1 Å². The van der Waals surface area contributed by atoms with Gasteiger partial charge in [-0.1, -0.05) is 35.2 Å². The quantitative estimate of drug-likeness (QED) is 0.787. The summed E-state index contributed by atoms with van der Waals surface area (Å²) in [6, 6.07) is 6.60. The van der Waals surface area contributed by atoms with Crippen molar-refractivity contribution in [1.29, 1.82) is 0 Å². The number of amides is 1. The van der Waals surface area contributed by atoms with Gasteiger partial charge in [-0.2, -0.15) is 0 Å². The van der Waals surface area contributed by atoms with Gasteiger partial charge in [-0.05, 0) is 37.1 Å². The maximum atomic E-state index is 14.0. The van der Waals surface area contributed by atoms with Crippen LogP contribution in [0, 0.1) is 5.82 Å². The molecule has 3 rings (SSSR count). The second-order valence-electron chi connectivity index (χ2n) is 5.98. The first kappa shape index (κ1) is 16.9. The molecule has 0 aliphatic heterocycles.